The molecule has 48 valence electrons. The molecule has 1 heterocycles. The lowest BCUT2D eigenvalue weighted by Gasteiger charge is -1.79. The number of carbonyl (C=O) groups excluding carboxylic acids is 1. The molecule has 1 rings (SSSR count). The normalized spacial score (nSPS) is 9.44. The van der Waals surface area contributed by atoms with E-state index in [0.717, 1.165) is 4.88 Å². The van der Waals surface area contributed by atoms with Crippen LogP contribution < -0.4 is 5.73 Å². The monoisotopic (exact) mass is 142 g/mol. The first-order chi connectivity index (χ1) is 4.20. The molecular weight excluding hydrogens is 136 g/mol. The van der Waals surface area contributed by atoms with Gasteiger partial charge in [0.2, 0.25) is 0 Å². The highest BCUT2D eigenvalue weighted by atomic mass is 32.1. The van der Waals surface area contributed by atoms with Gasteiger partial charge in [-0.05, 0) is 6.92 Å². The Labute approximate surface area is 56.5 Å². The van der Waals surface area contributed by atoms with Gasteiger partial charge in [-0.15, -0.1) is 11.3 Å². The summed E-state index contributed by atoms with van der Waals surface area (Å²) < 4.78 is 0. The van der Waals surface area contributed by atoms with E-state index >= 15 is 0 Å². The summed E-state index contributed by atoms with van der Waals surface area (Å²) in [6.07, 6.45) is 1.63. The zero-order chi connectivity index (χ0) is 6.85. The van der Waals surface area contributed by atoms with Crippen molar-refractivity contribution in [2.75, 3.05) is 0 Å². The number of rotatable bonds is 1. The maximum absolute atomic E-state index is 10.4. The molecule has 1 aromatic rings. The van der Waals surface area contributed by atoms with Gasteiger partial charge >= 0.3 is 0 Å². The number of primary amides is 1. The van der Waals surface area contributed by atoms with Crippen LogP contribution in [0.3, 0.4) is 0 Å². The molecule has 4 heteroatoms. The number of carbonyl (C=O) groups is 1. The molecule has 1 aromatic heterocycles. The van der Waals surface area contributed by atoms with Gasteiger partial charge in [0.05, 0.1) is 0 Å². The van der Waals surface area contributed by atoms with Gasteiger partial charge < -0.3 is 5.73 Å². The highest BCUT2D eigenvalue weighted by Crippen LogP contribution is 2.09. The van der Waals surface area contributed by atoms with Crippen LogP contribution in [0.2, 0.25) is 0 Å². The fourth-order valence-electron chi connectivity index (χ4n) is 0.469. The topological polar surface area (TPSA) is 56.0 Å². The van der Waals surface area contributed by atoms with Crippen molar-refractivity contribution in [2.45, 2.75) is 6.92 Å². The van der Waals surface area contributed by atoms with E-state index in [1.807, 2.05) is 6.92 Å². The molecule has 0 aliphatic heterocycles. The van der Waals surface area contributed by atoms with Gasteiger partial charge in [-0.3, -0.25) is 4.79 Å². The lowest BCUT2D eigenvalue weighted by molar-refractivity contribution is 0.1000. The lowest BCUT2D eigenvalue weighted by Crippen LogP contribution is -2.09. The van der Waals surface area contributed by atoms with Gasteiger partial charge in [0.15, 0.2) is 5.01 Å². The molecule has 0 aliphatic rings. The van der Waals surface area contributed by atoms with E-state index in [2.05, 4.69) is 4.98 Å². The molecule has 2 N–H and O–H groups in total. The van der Waals surface area contributed by atoms with Gasteiger partial charge in [-0.1, -0.05) is 0 Å². The highest BCUT2D eigenvalue weighted by molar-refractivity contribution is 7.13. The third-order valence-electron chi connectivity index (χ3n) is 0.832. The van der Waals surface area contributed by atoms with Crippen LogP contribution in [-0.2, 0) is 0 Å². The van der Waals surface area contributed by atoms with Crippen LogP contribution in [0.1, 0.15) is 14.7 Å². The fourth-order valence-corrected chi connectivity index (χ4v) is 1.09. The number of thiazole rings is 1. The second-order valence-corrected chi connectivity index (χ2v) is 2.88. The minimum absolute atomic E-state index is 0.382. The highest BCUT2D eigenvalue weighted by Gasteiger charge is 2.02. The first kappa shape index (κ1) is 6.22. The summed E-state index contributed by atoms with van der Waals surface area (Å²) in [4.78, 5) is 15.1. The largest absolute Gasteiger partial charge is 0.364 e. The van der Waals surface area contributed by atoms with E-state index in [0.29, 0.717) is 5.01 Å². The zero-order valence-corrected chi connectivity index (χ0v) is 5.73. The van der Waals surface area contributed by atoms with Crippen LogP contribution in [0.5, 0.6) is 0 Å². The summed E-state index contributed by atoms with van der Waals surface area (Å²) >= 11 is 1.31. The second-order valence-electron chi connectivity index (χ2n) is 1.64. The number of hydrogen-bond donors (Lipinski definition) is 1. The SMILES string of the molecule is Cc1cnc(C(N)=O)s1. The Morgan fingerprint density at radius 1 is 1.89 bits per heavy atom. The molecule has 9 heavy (non-hydrogen) atoms. The number of aromatic nitrogens is 1. The molecule has 0 saturated heterocycles. The maximum Gasteiger partial charge on any atom is 0.277 e. The minimum Gasteiger partial charge on any atom is -0.364 e. The number of amides is 1. The lowest BCUT2D eigenvalue weighted by atomic mass is 10.6. The molecule has 0 saturated carbocycles. The first-order valence-electron chi connectivity index (χ1n) is 2.42. The van der Waals surface area contributed by atoms with Crippen LogP contribution in [0.15, 0.2) is 6.20 Å². The summed E-state index contributed by atoms with van der Waals surface area (Å²) in [7, 11) is 0. The van der Waals surface area contributed by atoms with Crippen LogP contribution >= 0.6 is 11.3 Å². The molecule has 0 atom stereocenters. The van der Waals surface area contributed by atoms with Gasteiger partial charge in [0.25, 0.3) is 5.91 Å². The number of nitrogens with two attached hydrogens (primary N) is 1. The predicted octanol–water partition coefficient (Wildman–Crippen LogP) is 0.550. The minimum atomic E-state index is -0.451. The Balaban J connectivity index is 2.98. The fraction of sp³-hybridized carbons (Fsp3) is 0.200. The van der Waals surface area contributed by atoms with Gasteiger partial charge in [0, 0.05) is 11.1 Å². The van der Waals surface area contributed by atoms with E-state index in [1.165, 1.54) is 11.3 Å². The third kappa shape index (κ3) is 1.26. The molecule has 0 bridgehead atoms. The average molecular weight is 142 g/mol. The van der Waals surface area contributed by atoms with Gasteiger partial charge in [0.1, 0.15) is 0 Å². The van der Waals surface area contributed by atoms with Crippen LogP contribution in [0, 0.1) is 6.92 Å². The molecule has 0 radical (unpaired) electrons. The van der Waals surface area contributed by atoms with Crippen molar-refractivity contribution >= 4 is 17.2 Å². The molecule has 0 aliphatic carbocycles. The molecule has 0 aromatic carbocycles. The first-order valence-corrected chi connectivity index (χ1v) is 3.24. The van der Waals surface area contributed by atoms with E-state index in [9.17, 15) is 4.79 Å². The zero-order valence-electron chi connectivity index (χ0n) is 4.92. The quantitative estimate of drug-likeness (QED) is 0.622. The third-order valence-corrected chi connectivity index (χ3v) is 1.76. The van der Waals surface area contributed by atoms with Crippen molar-refractivity contribution in [2.24, 2.45) is 5.73 Å². The molecule has 0 spiro atoms. The Bertz CT molecular complexity index is 231. The van der Waals surface area contributed by atoms with E-state index in [1.54, 1.807) is 6.20 Å². The van der Waals surface area contributed by atoms with Crippen molar-refractivity contribution in [1.82, 2.24) is 4.98 Å². The van der Waals surface area contributed by atoms with Crippen molar-refractivity contribution in [3.63, 3.8) is 0 Å². The van der Waals surface area contributed by atoms with Crippen molar-refractivity contribution in [3.8, 4) is 0 Å². The van der Waals surface area contributed by atoms with Crippen molar-refractivity contribution in [1.29, 1.82) is 0 Å². The van der Waals surface area contributed by atoms with E-state index < -0.39 is 5.91 Å². The van der Waals surface area contributed by atoms with Crippen LogP contribution in [0.4, 0.5) is 0 Å². The number of aryl methyl sites for hydroxylation is 1. The Hall–Kier alpha value is -0.900. The Kier molecular flexibility index (Phi) is 1.48. The molecule has 3 nitrogen and oxygen atoms in total. The average Bonchev–Trinajstić information content (AvgIpc) is 2.14. The molecule has 0 unspecified atom stereocenters. The second kappa shape index (κ2) is 2.14. The summed E-state index contributed by atoms with van der Waals surface area (Å²) in [6.45, 7) is 1.88. The number of hydrogen-bond acceptors (Lipinski definition) is 3. The Morgan fingerprint density at radius 2 is 2.56 bits per heavy atom. The molecule has 0 fully saturated rings. The van der Waals surface area contributed by atoms with Crippen molar-refractivity contribution < 1.29 is 4.79 Å². The summed E-state index contributed by atoms with van der Waals surface area (Å²) in [6, 6.07) is 0. The van der Waals surface area contributed by atoms with Crippen LogP contribution in [0.25, 0.3) is 0 Å². The number of nitrogens with zero attached hydrogens (tertiary/aromatic N) is 1. The van der Waals surface area contributed by atoms with Gasteiger partial charge in [-0.25, -0.2) is 4.98 Å². The summed E-state index contributed by atoms with van der Waals surface area (Å²) in [5.74, 6) is -0.451. The van der Waals surface area contributed by atoms with Crippen molar-refractivity contribution in [3.05, 3.63) is 16.1 Å². The van der Waals surface area contributed by atoms with Gasteiger partial charge in [-0.2, -0.15) is 0 Å². The standard InChI is InChI=1S/C5H6N2OS/c1-3-2-7-5(9-3)4(6)8/h2H,1H3,(H2,6,8). The van der Waals surface area contributed by atoms with E-state index in [4.69, 9.17) is 5.73 Å². The summed E-state index contributed by atoms with van der Waals surface area (Å²) in [5.41, 5.74) is 4.94. The van der Waals surface area contributed by atoms with Crippen LogP contribution in [-0.4, -0.2) is 10.9 Å². The summed E-state index contributed by atoms with van der Waals surface area (Å²) in [5, 5.41) is 0.382. The predicted molar refractivity (Wildman–Crippen MR) is 35.4 cm³/mol. The smallest absolute Gasteiger partial charge is 0.277 e. The Morgan fingerprint density at radius 3 is 2.78 bits per heavy atom. The molecule has 1 amide bonds. The molecular formula is C5H6N2OS. The van der Waals surface area contributed by atoms with E-state index in [-0.39, 0.29) is 0 Å². The maximum atomic E-state index is 10.4.